The van der Waals surface area contributed by atoms with Gasteiger partial charge in [0, 0.05) is 5.56 Å². The van der Waals surface area contributed by atoms with Crippen molar-refractivity contribution in [3.8, 4) is 22.8 Å². The molecule has 0 aliphatic carbocycles. The minimum absolute atomic E-state index is 0.507. The van der Waals surface area contributed by atoms with Gasteiger partial charge in [0.05, 0.1) is 18.6 Å². The van der Waals surface area contributed by atoms with Crippen LogP contribution in [-0.4, -0.2) is 32.0 Å². The Morgan fingerprint density at radius 3 is 2.68 bits per heavy atom. The summed E-state index contributed by atoms with van der Waals surface area (Å²) < 4.78 is 12.5. The highest BCUT2D eigenvalue weighted by Crippen LogP contribution is 2.26. The predicted molar refractivity (Wildman–Crippen MR) is 107 cm³/mol. The van der Waals surface area contributed by atoms with Crippen LogP contribution in [0.25, 0.3) is 17.1 Å². The Balaban J connectivity index is 1.49. The second-order valence-corrected chi connectivity index (χ2v) is 7.24. The maximum Gasteiger partial charge on any atom is 0.237 e. The number of benzene rings is 2. The summed E-state index contributed by atoms with van der Waals surface area (Å²) in [5.74, 6) is 2.38. The van der Waals surface area contributed by atoms with Gasteiger partial charge in [-0.2, -0.15) is 4.98 Å². The lowest BCUT2D eigenvalue weighted by atomic mass is 10.1. The van der Waals surface area contributed by atoms with E-state index in [9.17, 15) is 0 Å². The topological polar surface area (TPSA) is 78.9 Å². The summed E-state index contributed by atoms with van der Waals surface area (Å²) in [5, 5.41) is 13.1. The zero-order valence-corrected chi connectivity index (χ0v) is 16.6. The van der Waals surface area contributed by atoms with Crippen molar-refractivity contribution < 1.29 is 9.26 Å². The molecule has 0 amide bonds. The molecule has 0 saturated heterocycles. The standard InChI is InChI=1S/C20H19N5O2S/c1-13-4-9-17(14(2)10-13)25-12-21-23-20(25)28-11-18-22-19(24-27-18)15-5-7-16(26-3)8-6-15/h4-10,12H,11H2,1-3H3. The molecule has 0 N–H and O–H groups in total. The molecule has 0 aliphatic heterocycles. The first kappa shape index (κ1) is 18.2. The molecular weight excluding hydrogens is 374 g/mol. The molecule has 2 aromatic heterocycles. The van der Waals surface area contributed by atoms with Crippen molar-refractivity contribution in [3.05, 3.63) is 65.8 Å². The number of rotatable bonds is 6. The van der Waals surface area contributed by atoms with Gasteiger partial charge < -0.3 is 9.26 Å². The molecular formula is C20H19N5O2S. The third-order valence-corrected chi connectivity index (χ3v) is 5.20. The van der Waals surface area contributed by atoms with Gasteiger partial charge in [-0.05, 0) is 49.7 Å². The van der Waals surface area contributed by atoms with Gasteiger partial charge in [-0.3, -0.25) is 4.57 Å². The first-order valence-electron chi connectivity index (χ1n) is 8.71. The molecule has 0 atom stereocenters. The van der Waals surface area contributed by atoms with Gasteiger partial charge in [0.15, 0.2) is 5.16 Å². The zero-order chi connectivity index (χ0) is 19.5. The molecule has 0 saturated carbocycles. The van der Waals surface area contributed by atoms with E-state index in [1.165, 1.54) is 22.9 Å². The minimum Gasteiger partial charge on any atom is -0.497 e. The van der Waals surface area contributed by atoms with Gasteiger partial charge in [-0.1, -0.05) is 34.6 Å². The molecule has 0 radical (unpaired) electrons. The summed E-state index contributed by atoms with van der Waals surface area (Å²) >= 11 is 1.50. The molecule has 0 unspecified atom stereocenters. The monoisotopic (exact) mass is 393 g/mol. The summed E-state index contributed by atoms with van der Waals surface area (Å²) in [6, 6.07) is 13.8. The van der Waals surface area contributed by atoms with E-state index in [1.807, 2.05) is 28.8 Å². The number of aryl methyl sites for hydroxylation is 2. The second kappa shape index (κ2) is 7.85. The molecule has 8 heteroatoms. The normalized spacial score (nSPS) is 11.0. The van der Waals surface area contributed by atoms with Crippen LogP contribution in [0.1, 0.15) is 17.0 Å². The van der Waals surface area contributed by atoms with E-state index in [-0.39, 0.29) is 0 Å². The average Bonchev–Trinajstić information content (AvgIpc) is 3.36. The van der Waals surface area contributed by atoms with Gasteiger partial charge in [-0.25, -0.2) is 0 Å². The van der Waals surface area contributed by atoms with Crippen molar-refractivity contribution in [2.24, 2.45) is 0 Å². The van der Waals surface area contributed by atoms with Crippen molar-refractivity contribution >= 4 is 11.8 Å². The molecule has 2 heterocycles. The van der Waals surface area contributed by atoms with E-state index in [0.29, 0.717) is 17.5 Å². The lowest BCUT2D eigenvalue weighted by Crippen LogP contribution is -1.98. The Morgan fingerprint density at radius 2 is 1.93 bits per heavy atom. The Bertz CT molecular complexity index is 1090. The minimum atomic E-state index is 0.507. The molecule has 0 aliphatic rings. The Kier molecular flexibility index (Phi) is 5.12. The third-order valence-electron chi connectivity index (χ3n) is 4.27. The number of hydrogen-bond donors (Lipinski definition) is 0. The largest absolute Gasteiger partial charge is 0.497 e. The van der Waals surface area contributed by atoms with Gasteiger partial charge in [0.2, 0.25) is 11.7 Å². The highest BCUT2D eigenvalue weighted by atomic mass is 32.2. The zero-order valence-electron chi connectivity index (χ0n) is 15.8. The van der Waals surface area contributed by atoms with Crippen LogP contribution in [0.2, 0.25) is 0 Å². The maximum absolute atomic E-state index is 5.39. The van der Waals surface area contributed by atoms with Crippen LogP contribution in [0.3, 0.4) is 0 Å². The van der Waals surface area contributed by atoms with Gasteiger partial charge in [0.25, 0.3) is 0 Å². The van der Waals surface area contributed by atoms with Gasteiger partial charge >= 0.3 is 0 Å². The first-order chi connectivity index (χ1) is 13.6. The summed E-state index contributed by atoms with van der Waals surface area (Å²) in [7, 11) is 1.63. The summed E-state index contributed by atoms with van der Waals surface area (Å²) in [4.78, 5) is 4.47. The highest BCUT2D eigenvalue weighted by molar-refractivity contribution is 7.98. The Morgan fingerprint density at radius 1 is 1.11 bits per heavy atom. The number of aromatic nitrogens is 5. The molecule has 2 aromatic carbocycles. The van der Waals surface area contributed by atoms with Crippen LogP contribution < -0.4 is 4.74 Å². The van der Waals surface area contributed by atoms with E-state index in [1.54, 1.807) is 13.4 Å². The third kappa shape index (κ3) is 3.77. The van der Waals surface area contributed by atoms with Crippen molar-refractivity contribution in [2.45, 2.75) is 24.8 Å². The lowest BCUT2D eigenvalue weighted by Gasteiger charge is -2.09. The first-order valence-corrected chi connectivity index (χ1v) is 9.70. The maximum atomic E-state index is 5.39. The summed E-state index contributed by atoms with van der Waals surface area (Å²) in [6.45, 7) is 4.16. The molecule has 0 bridgehead atoms. The molecule has 0 spiro atoms. The smallest absolute Gasteiger partial charge is 0.237 e. The molecule has 4 rings (SSSR count). The van der Waals surface area contributed by atoms with Crippen LogP contribution in [0.4, 0.5) is 0 Å². The van der Waals surface area contributed by atoms with Crippen molar-refractivity contribution in [1.82, 2.24) is 24.9 Å². The molecule has 7 nitrogen and oxygen atoms in total. The SMILES string of the molecule is COc1ccc(-c2noc(CSc3nncn3-c3ccc(C)cc3C)n2)cc1. The van der Waals surface area contributed by atoms with Gasteiger partial charge in [-0.15, -0.1) is 10.2 Å². The van der Waals surface area contributed by atoms with Crippen molar-refractivity contribution in [2.75, 3.05) is 7.11 Å². The molecule has 28 heavy (non-hydrogen) atoms. The summed E-state index contributed by atoms with van der Waals surface area (Å²) in [5.41, 5.74) is 4.32. The Labute approximate surface area is 166 Å². The predicted octanol–water partition coefficient (Wildman–Crippen LogP) is 4.24. The van der Waals surface area contributed by atoms with E-state index in [4.69, 9.17) is 9.26 Å². The van der Waals surface area contributed by atoms with E-state index in [0.717, 1.165) is 22.2 Å². The number of methoxy groups -OCH3 is 1. The van der Waals surface area contributed by atoms with Crippen LogP contribution in [0.15, 0.2) is 58.5 Å². The number of hydrogen-bond acceptors (Lipinski definition) is 7. The highest BCUT2D eigenvalue weighted by Gasteiger charge is 2.13. The Hall–Kier alpha value is -3.13. The molecule has 142 valence electrons. The quantitative estimate of drug-likeness (QED) is 0.453. The van der Waals surface area contributed by atoms with E-state index >= 15 is 0 Å². The van der Waals surface area contributed by atoms with Crippen LogP contribution in [0.5, 0.6) is 5.75 Å². The summed E-state index contributed by atoms with van der Waals surface area (Å²) in [6.07, 6.45) is 1.72. The fourth-order valence-electron chi connectivity index (χ4n) is 2.86. The van der Waals surface area contributed by atoms with Crippen molar-refractivity contribution in [3.63, 3.8) is 0 Å². The lowest BCUT2D eigenvalue weighted by molar-refractivity contribution is 0.391. The number of thioether (sulfide) groups is 1. The second-order valence-electron chi connectivity index (χ2n) is 6.30. The van der Waals surface area contributed by atoms with E-state index < -0.39 is 0 Å². The van der Waals surface area contributed by atoms with Crippen LogP contribution in [-0.2, 0) is 5.75 Å². The fourth-order valence-corrected chi connectivity index (χ4v) is 3.62. The molecule has 4 aromatic rings. The number of nitrogens with zero attached hydrogens (tertiary/aromatic N) is 5. The van der Waals surface area contributed by atoms with Crippen LogP contribution >= 0.6 is 11.8 Å². The van der Waals surface area contributed by atoms with Crippen LogP contribution in [0, 0.1) is 13.8 Å². The number of ether oxygens (including phenoxy) is 1. The molecule has 0 fully saturated rings. The van der Waals surface area contributed by atoms with E-state index in [2.05, 4.69) is 52.4 Å². The fraction of sp³-hybridized carbons (Fsp3) is 0.200. The average molecular weight is 393 g/mol. The van der Waals surface area contributed by atoms with Crippen molar-refractivity contribution in [1.29, 1.82) is 0 Å². The van der Waals surface area contributed by atoms with Gasteiger partial charge in [0.1, 0.15) is 12.1 Å².